The van der Waals surface area contributed by atoms with Crippen molar-refractivity contribution >= 4 is 33.9 Å². The summed E-state index contributed by atoms with van der Waals surface area (Å²) < 4.78 is 20.4. The highest BCUT2D eigenvalue weighted by atomic mass is 32.1. The Kier molecular flexibility index (Phi) is 5.43. The third-order valence-corrected chi connectivity index (χ3v) is 6.14. The van der Waals surface area contributed by atoms with Crippen LogP contribution in [0, 0.1) is 5.82 Å². The van der Waals surface area contributed by atoms with Gasteiger partial charge in [0.2, 0.25) is 4.96 Å². The molecule has 0 radical (unpaired) electrons. The van der Waals surface area contributed by atoms with Crippen LogP contribution >= 0.6 is 11.3 Å². The first-order valence-electron chi connectivity index (χ1n) is 10.2. The van der Waals surface area contributed by atoms with E-state index in [1.54, 1.807) is 18.2 Å². The molecule has 2 heterocycles. The maximum atomic E-state index is 13.8. The van der Waals surface area contributed by atoms with E-state index in [1.807, 2.05) is 0 Å². The molecule has 0 unspecified atom stereocenters. The van der Waals surface area contributed by atoms with Crippen molar-refractivity contribution in [1.29, 1.82) is 0 Å². The van der Waals surface area contributed by atoms with Gasteiger partial charge in [-0.05, 0) is 43.2 Å². The zero-order chi connectivity index (χ0) is 22.9. The van der Waals surface area contributed by atoms with Gasteiger partial charge in [0.15, 0.2) is 0 Å². The van der Waals surface area contributed by atoms with Crippen molar-refractivity contribution in [3.63, 3.8) is 0 Å². The van der Waals surface area contributed by atoms with Crippen LogP contribution in [0.1, 0.15) is 50.2 Å². The summed E-state index contributed by atoms with van der Waals surface area (Å²) in [7, 11) is 0. The molecule has 1 aliphatic carbocycles. The summed E-state index contributed by atoms with van der Waals surface area (Å²) >= 11 is 1.37. The molecule has 5 rings (SSSR count). The van der Waals surface area contributed by atoms with E-state index in [1.165, 1.54) is 52.3 Å². The number of hydrogen-bond acceptors (Lipinski definition) is 7. The Hall–Kier alpha value is -3.92. The van der Waals surface area contributed by atoms with Gasteiger partial charge < -0.3 is 10.1 Å². The second-order valence-corrected chi connectivity index (χ2v) is 8.57. The molecule has 2 aromatic heterocycles. The Bertz CT molecular complexity index is 1440. The van der Waals surface area contributed by atoms with E-state index in [0.29, 0.717) is 22.3 Å². The summed E-state index contributed by atoms with van der Waals surface area (Å²) in [5.74, 6) is -1.52. The molecule has 10 heteroatoms. The van der Waals surface area contributed by atoms with Gasteiger partial charge in [0, 0.05) is 17.7 Å². The lowest BCUT2D eigenvalue weighted by molar-refractivity contribution is 0.0467. The molecule has 166 valence electrons. The molecule has 1 N–H and O–H groups in total. The Labute approximate surface area is 190 Å². The lowest BCUT2D eigenvalue weighted by atomic mass is 10.1. The van der Waals surface area contributed by atoms with Gasteiger partial charge in [-0.15, -0.1) is 0 Å². The molecular weight excluding hydrogens is 447 g/mol. The van der Waals surface area contributed by atoms with Crippen molar-refractivity contribution < 1.29 is 18.7 Å². The van der Waals surface area contributed by atoms with Gasteiger partial charge in [-0.3, -0.25) is 9.59 Å². The summed E-state index contributed by atoms with van der Waals surface area (Å²) in [6, 6.07) is 13.0. The third kappa shape index (κ3) is 4.51. The van der Waals surface area contributed by atoms with Crippen LogP contribution in [0.4, 0.5) is 10.1 Å². The topological polar surface area (TPSA) is 103 Å². The highest BCUT2D eigenvalue weighted by Crippen LogP contribution is 2.41. The van der Waals surface area contributed by atoms with Gasteiger partial charge in [-0.2, -0.15) is 9.61 Å². The average molecular weight is 464 g/mol. The van der Waals surface area contributed by atoms with Crippen LogP contribution in [0.3, 0.4) is 0 Å². The second-order valence-electron chi connectivity index (χ2n) is 7.59. The highest BCUT2D eigenvalue weighted by molar-refractivity contribution is 7.16. The summed E-state index contributed by atoms with van der Waals surface area (Å²) in [4.78, 5) is 42.0. The van der Waals surface area contributed by atoms with Crippen LogP contribution in [0.25, 0.3) is 4.96 Å². The van der Waals surface area contributed by atoms with E-state index in [-0.39, 0.29) is 23.3 Å². The number of esters is 1. The average Bonchev–Trinajstić information content (AvgIpc) is 3.57. The first kappa shape index (κ1) is 21.0. The SMILES string of the molecule is O=C(OCc1cc(=O)n2nc(C3CC3)sc2n1)c1cccc(NC(=O)c2ccccc2F)c1. The number of benzene rings is 2. The molecule has 0 saturated heterocycles. The number of aromatic nitrogens is 3. The van der Waals surface area contributed by atoms with E-state index >= 15 is 0 Å². The number of fused-ring (bicyclic) bond motifs is 1. The molecule has 0 atom stereocenters. The molecule has 1 saturated carbocycles. The standard InChI is InChI=1S/C23H17FN4O4S/c24-18-7-2-1-6-17(18)20(30)25-15-5-3-4-14(10-15)22(31)32-12-16-11-19(29)28-23(26-16)33-21(27-28)13-8-9-13/h1-7,10-11,13H,8-9,12H2,(H,25,30). The van der Waals surface area contributed by atoms with Gasteiger partial charge in [0.1, 0.15) is 17.4 Å². The van der Waals surface area contributed by atoms with Gasteiger partial charge in [0.25, 0.3) is 11.5 Å². The number of anilines is 1. The van der Waals surface area contributed by atoms with Crippen LogP contribution in [-0.2, 0) is 11.3 Å². The molecule has 1 fully saturated rings. The summed E-state index contributed by atoms with van der Waals surface area (Å²) in [6.07, 6.45) is 2.14. The van der Waals surface area contributed by atoms with Crippen molar-refractivity contribution in [1.82, 2.24) is 14.6 Å². The zero-order valence-electron chi connectivity index (χ0n) is 17.2. The summed E-state index contributed by atoms with van der Waals surface area (Å²) in [5.41, 5.74) is 0.391. The fourth-order valence-electron chi connectivity index (χ4n) is 3.23. The van der Waals surface area contributed by atoms with Crippen LogP contribution in [0.5, 0.6) is 0 Å². The Balaban J connectivity index is 1.27. The van der Waals surface area contributed by atoms with E-state index < -0.39 is 17.7 Å². The molecule has 0 bridgehead atoms. The second kappa shape index (κ2) is 8.55. The first-order valence-corrected chi connectivity index (χ1v) is 11.0. The number of amides is 1. The molecule has 0 spiro atoms. The van der Waals surface area contributed by atoms with Crippen molar-refractivity contribution in [2.75, 3.05) is 5.32 Å². The highest BCUT2D eigenvalue weighted by Gasteiger charge is 2.28. The smallest absolute Gasteiger partial charge is 0.338 e. The van der Waals surface area contributed by atoms with Crippen molar-refractivity contribution in [2.24, 2.45) is 0 Å². The summed E-state index contributed by atoms with van der Waals surface area (Å²) in [5, 5.41) is 7.77. The van der Waals surface area contributed by atoms with Gasteiger partial charge >= 0.3 is 5.97 Å². The quantitative estimate of drug-likeness (QED) is 0.436. The number of nitrogens with zero attached hydrogens (tertiary/aromatic N) is 3. The van der Waals surface area contributed by atoms with Gasteiger partial charge in [-0.1, -0.05) is 29.5 Å². The third-order valence-electron chi connectivity index (χ3n) is 5.07. The predicted octanol–water partition coefficient (Wildman–Crippen LogP) is 3.78. The molecule has 0 aliphatic heterocycles. The lowest BCUT2D eigenvalue weighted by Gasteiger charge is -2.08. The number of carbonyl (C=O) groups is 2. The van der Waals surface area contributed by atoms with Crippen LogP contribution < -0.4 is 10.9 Å². The maximum absolute atomic E-state index is 13.8. The van der Waals surface area contributed by atoms with E-state index in [4.69, 9.17) is 4.74 Å². The molecule has 4 aromatic rings. The number of carbonyl (C=O) groups excluding carboxylic acids is 2. The number of halogens is 1. The lowest BCUT2D eigenvalue weighted by Crippen LogP contribution is -2.17. The van der Waals surface area contributed by atoms with Crippen molar-refractivity contribution in [3.05, 3.63) is 92.6 Å². The zero-order valence-corrected chi connectivity index (χ0v) is 18.0. The minimum atomic E-state index is -0.651. The monoisotopic (exact) mass is 464 g/mol. The fourth-order valence-corrected chi connectivity index (χ4v) is 4.32. The van der Waals surface area contributed by atoms with Gasteiger partial charge in [-0.25, -0.2) is 14.2 Å². The number of rotatable bonds is 6. The van der Waals surface area contributed by atoms with E-state index in [0.717, 1.165) is 17.8 Å². The molecule has 2 aromatic carbocycles. The minimum absolute atomic E-state index is 0.105. The van der Waals surface area contributed by atoms with Gasteiger partial charge in [0.05, 0.1) is 16.8 Å². The van der Waals surface area contributed by atoms with Crippen LogP contribution in [0.15, 0.2) is 59.4 Å². The largest absolute Gasteiger partial charge is 0.456 e. The molecular formula is C23H17FN4O4S. The fraction of sp³-hybridized carbons (Fsp3) is 0.174. The Morgan fingerprint density at radius 1 is 1.15 bits per heavy atom. The van der Waals surface area contributed by atoms with Crippen molar-refractivity contribution in [2.45, 2.75) is 25.4 Å². The van der Waals surface area contributed by atoms with Crippen LogP contribution in [-0.4, -0.2) is 26.5 Å². The number of ether oxygens (including phenoxy) is 1. The maximum Gasteiger partial charge on any atom is 0.338 e. The normalized spacial score (nSPS) is 13.1. The van der Waals surface area contributed by atoms with E-state index in [2.05, 4.69) is 15.4 Å². The minimum Gasteiger partial charge on any atom is -0.456 e. The number of hydrogen-bond donors (Lipinski definition) is 1. The first-order chi connectivity index (χ1) is 16.0. The van der Waals surface area contributed by atoms with E-state index in [9.17, 15) is 18.8 Å². The molecule has 1 aliphatic rings. The Morgan fingerprint density at radius 2 is 1.97 bits per heavy atom. The molecule has 8 nitrogen and oxygen atoms in total. The van der Waals surface area contributed by atoms with Crippen molar-refractivity contribution in [3.8, 4) is 0 Å². The Morgan fingerprint density at radius 3 is 2.76 bits per heavy atom. The van der Waals surface area contributed by atoms with Crippen LogP contribution in [0.2, 0.25) is 0 Å². The summed E-state index contributed by atoms with van der Waals surface area (Å²) in [6.45, 7) is -0.187. The predicted molar refractivity (Wildman–Crippen MR) is 119 cm³/mol. The molecule has 1 amide bonds. The number of nitrogens with one attached hydrogen (secondary N) is 1. The molecule has 33 heavy (non-hydrogen) atoms.